The molecular weight excluding hydrogens is 382 g/mol. The number of ether oxygens (including phenoxy) is 2. The molecule has 9 heteroatoms. The van der Waals surface area contributed by atoms with Gasteiger partial charge in [0.2, 0.25) is 0 Å². The Morgan fingerprint density at radius 3 is 2.80 bits per heavy atom. The number of rotatable bonds is 7. The standard InChI is InChI=1S/C21H27N7O2/c1-29-19-8-16(30-13-14-4-6-23-7-5-14)2-3-17(19)18-9-20(28-27-18)26-21-12-24-15(10-22)11-25-21/h2-3,8,11-12,14,18,20,23,27-28H,4-7,9,13H2,1H3,(H,25,26). The molecule has 0 amide bonds. The zero-order valence-corrected chi connectivity index (χ0v) is 17.0. The molecule has 0 saturated carbocycles. The van der Waals surface area contributed by atoms with Crippen LogP contribution in [0.4, 0.5) is 5.82 Å². The third kappa shape index (κ3) is 4.97. The average molecular weight is 409 g/mol. The smallest absolute Gasteiger partial charge is 0.158 e. The van der Waals surface area contributed by atoms with Gasteiger partial charge in [-0.15, -0.1) is 0 Å². The van der Waals surface area contributed by atoms with E-state index in [0.29, 0.717) is 17.4 Å². The lowest BCUT2D eigenvalue weighted by atomic mass is 9.99. The van der Waals surface area contributed by atoms with Crippen LogP contribution in [0.5, 0.6) is 11.5 Å². The maximum Gasteiger partial charge on any atom is 0.158 e. The molecule has 2 atom stereocenters. The Balaban J connectivity index is 1.35. The first-order chi connectivity index (χ1) is 14.7. The molecule has 4 rings (SSSR count). The SMILES string of the molecule is COc1cc(OCC2CCNCC2)ccc1C1CC(Nc2cnc(C#N)cn2)NN1. The molecule has 2 aromatic rings. The van der Waals surface area contributed by atoms with E-state index >= 15 is 0 Å². The van der Waals surface area contributed by atoms with E-state index in [4.69, 9.17) is 14.7 Å². The van der Waals surface area contributed by atoms with Gasteiger partial charge in [0.15, 0.2) is 5.69 Å². The normalized spacial score (nSPS) is 21.7. The fourth-order valence-corrected chi connectivity index (χ4v) is 3.82. The summed E-state index contributed by atoms with van der Waals surface area (Å²) in [7, 11) is 1.68. The molecule has 2 aliphatic rings. The Hall–Kier alpha value is -2.93. The largest absolute Gasteiger partial charge is 0.496 e. The van der Waals surface area contributed by atoms with Crippen LogP contribution in [-0.4, -0.2) is 42.9 Å². The van der Waals surface area contributed by atoms with Crippen molar-refractivity contribution in [2.45, 2.75) is 31.5 Å². The van der Waals surface area contributed by atoms with E-state index in [1.807, 2.05) is 18.2 Å². The summed E-state index contributed by atoms with van der Waals surface area (Å²) in [6.07, 6.45) is 6.08. The molecule has 0 aliphatic carbocycles. The summed E-state index contributed by atoms with van der Waals surface area (Å²) in [4.78, 5) is 8.24. The lowest BCUT2D eigenvalue weighted by molar-refractivity contribution is 0.214. The van der Waals surface area contributed by atoms with E-state index in [0.717, 1.165) is 56.0 Å². The molecule has 4 N–H and O–H groups in total. The van der Waals surface area contributed by atoms with Gasteiger partial charge in [-0.05, 0) is 37.9 Å². The van der Waals surface area contributed by atoms with Crippen molar-refractivity contribution in [1.29, 1.82) is 5.26 Å². The number of hydrogen-bond acceptors (Lipinski definition) is 9. The van der Waals surface area contributed by atoms with Gasteiger partial charge in [0.05, 0.1) is 38.3 Å². The minimum atomic E-state index is -0.0298. The third-order valence-corrected chi connectivity index (χ3v) is 5.52. The highest BCUT2D eigenvalue weighted by atomic mass is 16.5. The number of methoxy groups -OCH3 is 1. The van der Waals surface area contributed by atoms with Gasteiger partial charge in [-0.25, -0.2) is 20.8 Å². The molecule has 2 unspecified atom stereocenters. The lowest BCUT2D eigenvalue weighted by Crippen LogP contribution is -2.36. The molecule has 9 nitrogen and oxygen atoms in total. The Labute approximate surface area is 176 Å². The van der Waals surface area contributed by atoms with Gasteiger partial charge in [0.1, 0.15) is 23.4 Å². The maximum absolute atomic E-state index is 8.82. The van der Waals surface area contributed by atoms with Crippen molar-refractivity contribution >= 4 is 5.82 Å². The molecule has 0 spiro atoms. The zero-order chi connectivity index (χ0) is 20.8. The van der Waals surface area contributed by atoms with E-state index in [9.17, 15) is 0 Å². The quantitative estimate of drug-likeness (QED) is 0.542. The van der Waals surface area contributed by atoms with Crippen LogP contribution in [0.15, 0.2) is 30.6 Å². The first-order valence-corrected chi connectivity index (χ1v) is 10.3. The number of nitrogens with one attached hydrogen (secondary N) is 4. The van der Waals surface area contributed by atoms with Gasteiger partial charge in [-0.3, -0.25) is 0 Å². The molecule has 3 heterocycles. The maximum atomic E-state index is 8.82. The second-order valence-corrected chi connectivity index (χ2v) is 7.58. The van der Waals surface area contributed by atoms with Crippen LogP contribution in [0.2, 0.25) is 0 Å². The number of nitrogens with zero attached hydrogens (tertiary/aromatic N) is 3. The van der Waals surface area contributed by atoms with Crippen LogP contribution in [0.1, 0.15) is 36.6 Å². The van der Waals surface area contributed by atoms with Gasteiger partial charge in [-0.1, -0.05) is 6.07 Å². The second-order valence-electron chi connectivity index (χ2n) is 7.58. The average Bonchev–Trinajstić information content (AvgIpc) is 3.27. The van der Waals surface area contributed by atoms with Crippen molar-refractivity contribution in [1.82, 2.24) is 26.1 Å². The molecule has 0 radical (unpaired) electrons. The van der Waals surface area contributed by atoms with Crippen molar-refractivity contribution < 1.29 is 9.47 Å². The van der Waals surface area contributed by atoms with Crippen LogP contribution >= 0.6 is 0 Å². The first-order valence-electron chi connectivity index (χ1n) is 10.3. The summed E-state index contributed by atoms with van der Waals surface area (Å²) in [6.45, 7) is 2.88. The van der Waals surface area contributed by atoms with Crippen molar-refractivity contribution in [2.75, 3.05) is 32.1 Å². The summed E-state index contributed by atoms with van der Waals surface area (Å²) in [5.41, 5.74) is 7.89. The summed E-state index contributed by atoms with van der Waals surface area (Å²) >= 11 is 0. The Bertz CT molecular complexity index is 878. The number of hydrogen-bond donors (Lipinski definition) is 4. The van der Waals surface area contributed by atoms with Gasteiger partial charge >= 0.3 is 0 Å². The molecule has 2 fully saturated rings. The number of hydrazine groups is 1. The number of nitriles is 1. The van der Waals surface area contributed by atoms with Crippen LogP contribution in [-0.2, 0) is 0 Å². The summed E-state index contributed by atoms with van der Waals surface area (Å²) in [5, 5.41) is 15.5. The van der Waals surface area contributed by atoms with E-state index in [-0.39, 0.29) is 12.2 Å². The highest BCUT2D eigenvalue weighted by Gasteiger charge is 2.27. The Morgan fingerprint density at radius 2 is 2.07 bits per heavy atom. The van der Waals surface area contributed by atoms with Crippen LogP contribution in [0, 0.1) is 17.2 Å². The molecule has 2 aliphatic heterocycles. The monoisotopic (exact) mass is 409 g/mol. The molecular formula is C21H27N7O2. The number of benzene rings is 1. The summed E-state index contributed by atoms with van der Waals surface area (Å²) in [6, 6.07) is 8.06. The Kier molecular flexibility index (Phi) is 6.59. The fraction of sp³-hybridized carbons (Fsp3) is 0.476. The number of piperidine rings is 1. The van der Waals surface area contributed by atoms with E-state index < -0.39 is 0 Å². The first kappa shape index (κ1) is 20.3. The molecule has 2 saturated heterocycles. The predicted octanol–water partition coefficient (Wildman–Crippen LogP) is 1.71. The van der Waals surface area contributed by atoms with Crippen molar-refractivity contribution in [3.63, 3.8) is 0 Å². The fourth-order valence-electron chi connectivity index (χ4n) is 3.82. The molecule has 1 aromatic carbocycles. The van der Waals surface area contributed by atoms with Crippen molar-refractivity contribution in [3.05, 3.63) is 41.9 Å². The minimum Gasteiger partial charge on any atom is -0.496 e. The van der Waals surface area contributed by atoms with E-state index in [1.165, 1.54) is 6.20 Å². The highest BCUT2D eigenvalue weighted by Crippen LogP contribution is 2.33. The Morgan fingerprint density at radius 1 is 1.20 bits per heavy atom. The summed E-state index contributed by atoms with van der Waals surface area (Å²) < 4.78 is 11.7. The molecule has 1 aromatic heterocycles. The van der Waals surface area contributed by atoms with E-state index in [2.05, 4.69) is 37.5 Å². The van der Waals surface area contributed by atoms with Gasteiger partial charge in [-0.2, -0.15) is 5.26 Å². The molecule has 30 heavy (non-hydrogen) atoms. The molecule has 158 valence electrons. The van der Waals surface area contributed by atoms with Crippen LogP contribution < -0.4 is 31.0 Å². The van der Waals surface area contributed by atoms with E-state index in [1.54, 1.807) is 13.3 Å². The number of anilines is 1. The van der Waals surface area contributed by atoms with Crippen LogP contribution in [0.25, 0.3) is 0 Å². The zero-order valence-electron chi connectivity index (χ0n) is 17.0. The van der Waals surface area contributed by atoms with Gasteiger partial charge in [0, 0.05) is 18.1 Å². The lowest BCUT2D eigenvalue weighted by Gasteiger charge is -2.23. The van der Waals surface area contributed by atoms with Gasteiger partial charge in [0.25, 0.3) is 0 Å². The topological polar surface area (TPSA) is 116 Å². The van der Waals surface area contributed by atoms with Crippen LogP contribution in [0.3, 0.4) is 0 Å². The minimum absolute atomic E-state index is 0.0298. The highest BCUT2D eigenvalue weighted by molar-refractivity contribution is 5.43. The predicted molar refractivity (Wildman–Crippen MR) is 112 cm³/mol. The van der Waals surface area contributed by atoms with Crippen molar-refractivity contribution in [3.8, 4) is 17.6 Å². The van der Waals surface area contributed by atoms with Crippen molar-refractivity contribution in [2.24, 2.45) is 5.92 Å². The second kappa shape index (κ2) is 9.71. The third-order valence-electron chi connectivity index (χ3n) is 5.52. The summed E-state index contributed by atoms with van der Waals surface area (Å²) in [5.74, 6) is 2.86. The molecule has 0 bridgehead atoms. The number of aromatic nitrogens is 2. The van der Waals surface area contributed by atoms with Gasteiger partial charge < -0.3 is 20.1 Å².